The van der Waals surface area contributed by atoms with Crippen molar-refractivity contribution in [2.75, 3.05) is 26.7 Å². The predicted octanol–water partition coefficient (Wildman–Crippen LogP) is 4.96. The lowest BCUT2D eigenvalue weighted by Gasteiger charge is -2.60. The van der Waals surface area contributed by atoms with Crippen LogP contribution < -0.4 is 0 Å². The van der Waals surface area contributed by atoms with Gasteiger partial charge in [-0.2, -0.15) is 0 Å². The molecule has 4 fully saturated rings. The molecule has 4 saturated carbocycles. The molecule has 0 aromatic heterocycles. The first-order chi connectivity index (χ1) is 12.0. The Morgan fingerprint density at radius 2 is 1.84 bits per heavy atom. The van der Waals surface area contributed by atoms with Crippen molar-refractivity contribution in [1.82, 2.24) is 4.90 Å². The van der Waals surface area contributed by atoms with E-state index in [4.69, 9.17) is 0 Å². The first kappa shape index (κ1) is 18.3. The molecule has 25 heavy (non-hydrogen) atoms. The van der Waals surface area contributed by atoms with Gasteiger partial charge in [0.1, 0.15) is 0 Å². The summed E-state index contributed by atoms with van der Waals surface area (Å²) in [6.07, 6.45) is 15.0. The molecule has 0 aliphatic heterocycles. The molecule has 144 valence electrons. The average Bonchev–Trinajstić information content (AvgIpc) is 2.90. The van der Waals surface area contributed by atoms with Crippen molar-refractivity contribution in [1.29, 1.82) is 0 Å². The van der Waals surface area contributed by atoms with E-state index in [9.17, 15) is 5.11 Å². The third kappa shape index (κ3) is 3.10. The van der Waals surface area contributed by atoms with Crippen molar-refractivity contribution in [2.24, 2.45) is 40.4 Å². The number of aliphatic hydroxyl groups is 1. The second-order valence-electron chi connectivity index (χ2n) is 10.9. The fraction of sp³-hybridized carbons (Fsp3) is 1.00. The third-order valence-corrected chi connectivity index (χ3v) is 9.50. The van der Waals surface area contributed by atoms with Crippen LogP contribution in [0.2, 0.25) is 0 Å². The van der Waals surface area contributed by atoms with Crippen molar-refractivity contribution in [2.45, 2.75) is 78.1 Å². The highest BCUT2D eigenvalue weighted by molar-refractivity contribution is 5.08. The number of hydrogen-bond donors (Lipinski definition) is 1. The number of rotatable bonds is 4. The van der Waals surface area contributed by atoms with Crippen LogP contribution in [-0.2, 0) is 0 Å². The van der Waals surface area contributed by atoms with Gasteiger partial charge in [0.05, 0.1) is 6.61 Å². The Balaban J connectivity index is 1.49. The van der Waals surface area contributed by atoms with Crippen molar-refractivity contribution in [3.63, 3.8) is 0 Å². The second kappa shape index (κ2) is 6.82. The van der Waals surface area contributed by atoms with E-state index in [1.807, 2.05) is 0 Å². The van der Waals surface area contributed by atoms with Crippen LogP contribution in [-0.4, -0.2) is 36.8 Å². The topological polar surface area (TPSA) is 23.5 Å². The normalized spacial score (nSPS) is 49.6. The molecule has 0 saturated heterocycles. The molecule has 0 radical (unpaired) electrons. The standard InChI is InChI=1S/C23H41NO/c1-22-11-9-20-19(8-7-18-6-4-5-10-23(18,20)2)21(22)14-17(15-22)16-24(3)12-13-25/h17-21,25H,4-16H2,1-3H3/t17?,18-,19-,20+,21+,22-,23+/m1/s1. The maximum absolute atomic E-state index is 9.22. The maximum Gasteiger partial charge on any atom is 0.0558 e. The minimum absolute atomic E-state index is 0.300. The van der Waals surface area contributed by atoms with Crippen LogP contribution in [0, 0.1) is 40.4 Å². The van der Waals surface area contributed by atoms with Crippen molar-refractivity contribution < 1.29 is 5.11 Å². The van der Waals surface area contributed by atoms with Crippen LogP contribution in [0.4, 0.5) is 0 Å². The molecular formula is C23H41NO. The van der Waals surface area contributed by atoms with Crippen LogP contribution >= 0.6 is 0 Å². The molecule has 0 amide bonds. The van der Waals surface area contributed by atoms with Gasteiger partial charge < -0.3 is 10.0 Å². The molecule has 0 aromatic rings. The Kier molecular flexibility index (Phi) is 4.99. The lowest BCUT2D eigenvalue weighted by molar-refractivity contribution is -0.103. The monoisotopic (exact) mass is 347 g/mol. The van der Waals surface area contributed by atoms with E-state index < -0.39 is 0 Å². The minimum Gasteiger partial charge on any atom is -0.395 e. The van der Waals surface area contributed by atoms with E-state index in [1.54, 1.807) is 0 Å². The molecule has 0 heterocycles. The van der Waals surface area contributed by atoms with Crippen LogP contribution in [0.3, 0.4) is 0 Å². The summed E-state index contributed by atoms with van der Waals surface area (Å²) in [6, 6.07) is 0. The fourth-order valence-corrected chi connectivity index (χ4v) is 8.35. The quantitative estimate of drug-likeness (QED) is 0.777. The Hall–Kier alpha value is -0.0800. The van der Waals surface area contributed by atoms with E-state index in [0.717, 1.165) is 36.1 Å². The molecule has 2 heteroatoms. The maximum atomic E-state index is 9.22. The van der Waals surface area contributed by atoms with Crippen LogP contribution in [0.25, 0.3) is 0 Å². The molecule has 0 bridgehead atoms. The zero-order chi connectivity index (χ0) is 17.7. The highest BCUT2D eigenvalue weighted by Crippen LogP contribution is 2.66. The van der Waals surface area contributed by atoms with E-state index in [2.05, 4.69) is 25.8 Å². The number of fused-ring (bicyclic) bond motifs is 5. The van der Waals surface area contributed by atoms with Crippen molar-refractivity contribution in [3.8, 4) is 0 Å². The van der Waals surface area contributed by atoms with Gasteiger partial charge in [0.25, 0.3) is 0 Å². The predicted molar refractivity (Wildman–Crippen MR) is 104 cm³/mol. The first-order valence-corrected chi connectivity index (χ1v) is 11.3. The first-order valence-electron chi connectivity index (χ1n) is 11.3. The van der Waals surface area contributed by atoms with Crippen LogP contribution in [0.1, 0.15) is 78.1 Å². The molecule has 7 atom stereocenters. The lowest BCUT2D eigenvalue weighted by atomic mass is 9.45. The summed E-state index contributed by atoms with van der Waals surface area (Å²) < 4.78 is 0. The lowest BCUT2D eigenvalue weighted by Crippen LogP contribution is -2.51. The molecule has 4 aliphatic rings. The zero-order valence-corrected chi connectivity index (χ0v) is 17.0. The second-order valence-corrected chi connectivity index (χ2v) is 10.9. The molecule has 4 aliphatic carbocycles. The number of likely N-dealkylation sites (N-methyl/N-ethyl adjacent to an activating group) is 1. The van der Waals surface area contributed by atoms with Gasteiger partial charge in [-0.1, -0.05) is 26.7 Å². The molecular weight excluding hydrogens is 306 g/mol. The fourth-order valence-electron chi connectivity index (χ4n) is 8.35. The summed E-state index contributed by atoms with van der Waals surface area (Å²) in [5.41, 5.74) is 1.29. The molecule has 0 aromatic carbocycles. The van der Waals surface area contributed by atoms with E-state index >= 15 is 0 Å². The Labute approximate surface area is 155 Å². The Morgan fingerprint density at radius 1 is 1.00 bits per heavy atom. The summed E-state index contributed by atoms with van der Waals surface area (Å²) in [5, 5.41) is 9.22. The van der Waals surface area contributed by atoms with E-state index in [0.29, 0.717) is 17.4 Å². The summed E-state index contributed by atoms with van der Waals surface area (Å²) >= 11 is 0. The van der Waals surface area contributed by atoms with E-state index in [1.165, 1.54) is 70.8 Å². The molecule has 1 unspecified atom stereocenters. The Morgan fingerprint density at radius 3 is 2.64 bits per heavy atom. The summed E-state index contributed by atoms with van der Waals surface area (Å²) in [6.45, 7) is 7.66. The van der Waals surface area contributed by atoms with Crippen LogP contribution in [0.15, 0.2) is 0 Å². The smallest absolute Gasteiger partial charge is 0.0558 e. The van der Waals surface area contributed by atoms with Gasteiger partial charge in [-0.25, -0.2) is 0 Å². The number of aliphatic hydroxyl groups excluding tert-OH is 1. The third-order valence-electron chi connectivity index (χ3n) is 9.50. The summed E-state index contributed by atoms with van der Waals surface area (Å²) in [5.74, 6) is 4.94. The van der Waals surface area contributed by atoms with Gasteiger partial charge >= 0.3 is 0 Å². The van der Waals surface area contributed by atoms with Gasteiger partial charge in [-0.05, 0) is 98.8 Å². The largest absolute Gasteiger partial charge is 0.395 e. The van der Waals surface area contributed by atoms with Gasteiger partial charge in [-0.15, -0.1) is 0 Å². The van der Waals surface area contributed by atoms with Crippen molar-refractivity contribution in [3.05, 3.63) is 0 Å². The number of nitrogens with zero attached hydrogens (tertiary/aromatic N) is 1. The van der Waals surface area contributed by atoms with Gasteiger partial charge in [-0.3, -0.25) is 0 Å². The molecule has 2 nitrogen and oxygen atoms in total. The summed E-state index contributed by atoms with van der Waals surface area (Å²) in [7, 11) is 2.19. The van der Waals surface area contributed by atoms with Gasteiger partial charge in [0.15, 0.2) is 0 Å². The van der Waals surface area contributed by atoms with E-state index in [-0.39, 0.29) is 0 Å². The van der Waals surface area contributed by atoms with Crippen LogP contribution in [0.5, 0.6) is 0 Å². The highest BCUT2D eigenvalue weighted by Gasteiger charge is 2.58. The molecule has 0 spiro atoms. The minimum atomic E-state index is 0.300. The average molecular weight is 348 g/mol. The van der Waals surface area contributed by atoms with Crippen molar-refractivity contribution >= 4 is 0 Å². The summed E-state index contributed by atoms with van der Waals surface area (Å²) in [4.78, 5) is 2.36. The van der Waals surface area contributed by atoms with Gasteiger partial charge in [0.2, 0.25) is 0 Å². The zero-order valence-electron chi connectivity index (χ0n) is 17.0. The van der Waals surface area contributed by atoms with Gasteiger partial charge in [0, 0.05) is 13.1 Å². The number of hydrogen-bond acceptors (Lipinski definition) is 2. The molecule has 1 N–H and O–H groups in total. The highest BCUT2D eigenvalue weighted by atomic mass is 16.3. The Bertz CT molecular complexity index is 479. The molecule has 4 rings (SSSR count). The SMILES string of the molecule is CN(CCO)CC1C[C@H]2[C@@H]3CC[C@H]4CCCC[C@]4(C)[C@H]3CC[C@]2(C)C1.